The molecule has 0 aliphatic carbocycles. The molecule has 0 aromatic heterocycles. The smallest absolute Gasteiger partial charge is 0.237 e. The molecule has 0 spiro atoms. The molecular weight excluding hydrogens is 320 g/mol. The van der Waals surface area contributed by atoms with Crippen molar-refractivity contribution >= 4 is 35.0 Å². The first-order valence-electron chi connectivity index (χ1n) is 7.77. The molecule has 126 valence electrons. The molecule has 0 fully saturated rings. The summed E-state index contributed by atoms with van der Waals surface area (Å²) in [5, 5.41) is 5.49. The average Bonchev–Trinajstić information content (AvgIpc) is 2.52. The van der Waals surface area contributed by atoms with Crippen molar-refractivity contribution in [1.29, 1.82) is 0 Å². The maximum atomic E-state index is 12.4. The third-order valence-electron chi connectivity index (χ3n) is 3.51. The zero-order valence-corrected chi connectivity index (χ0v) is 15.2. The van der Waals surface area contributed by atoms with Crippen LogP contribution in [0.15, 0.2) is 47.4 Å². The molecule has 4 nitrogen and oxygen atoms in total. The summed E-state index contributed by atoms with van der Waals surface area (Å²) >= 11 is 1.48. The van der Waals surface area contributed by atoms with Crippen molar-refractivity contribution in [1.82, 2.24) is 0 Å². The standard InChI is InChI=1S/C19H22N2O2S/c1-12-5-6-13(2)18(11-12)21-19(23)14(3)24-17-9-7-16(8-10-17)20-15(4)22/h5-11,14H,1-4H3,(H,20,22)(H,21,23). The second kappa shape index (κ2) is 8.02. The molecular formula is C19H22N2O2S. The summed E-state index contributed by atoms with van der Waals surface area (Å²) in [7, 11) is 0. The monoisotopic (exact) mass is 342 g/mol. The molecule has 2 aromatic carbocycles. The summed E-state index contributed by atoms with van der Waals surface area (Å²) in [4.78, 5) is 24.4. The summed E-state index contributed by atoms with van der Waals surface area (Å²) in [6.07, 6.45) is 0. The molecule has 1 atom stereocenters. The third kappa shape index (κ3) is 5.13. The number of aryl methyl sites for hydroxylation is 2. The van der Waals surface area contributed by atoms with Crippen molar-refractivity contribution in [2.75, 3.05) is 10.6 Å². The van der Waals surface area contributed by atoms with Crippen molar-refractivity contribution in [3.8, 4) is 0 Å². The Balaban J connectivity index is 1.98. The first-order valence-corrected chi connectivity index (χ1v) is 8.65. The van der Waals surface area contributed by atoms with E-state index in [-0.39, 0.29) is 17.1 Å². The zero-order chi connectivity index (χ0) is 17.7. The van der Waals surface area contributed by atoms with Crippen LogP contribution in [0.2, 0.25) is 0 Å². The third-order valence-corrected chi connectivity index (χ3v) is 4.62. The largest absolute Gasteiger partial charge is 0.326 e. The van der Waals surface area contributed by atoms with Gasteiger partial charge in [0.1, 0.15) is 0 Å². The van der Waals surface area contributed by atoms with Gasteiger partial charge < -0.3 is 10.6 Å². The van der Waals surface area contributed by atoms with Gasteiger partial charge in [-0.05, 0) is 62.2 Å². The maximum Gasteiger partial charge on any atom is 0.237 e. The highest BCUT2D eigenvalue weighted by atomic mass is 32.2. The molecule has 24 heavy (non-hydrogen) atoms. The Labute approximate surface area is 147 Å². The predicted octanol–water partition coefficient (Wildman–Crippen LogP) is 4.38. The van der Waals surface area contributed by atoms with Crippen molar-refractivity contribution in [3.63, 3.8) is 0 Å². The van der Waals surface area contributed by atoms with Crippen LogP contribution in [0.3, 0.4) is 0 Å². The van der Waals surface area contributed by atoms with Gasteiger partial charge in [-0.15, -0.1) is 11.8 Å². The number of benzene rings is 2. The molecule has 0 saturated carbocycles. The van der Waals surface area contributed by atoms with E-state index in [1.54, 1.807) is 0 Å². The van der Waals surface area contributed by atoms with Gasteiger partial charge in [-0.3, -0.25) is 9.59 Å². The summed E-state index contributed by atoms with van der Waals surface area (Å²) in [5.41, 5.74) is 3.77. The van der Waals surface area contributed by atoms with Crippen LogP contribution in [0.1, 0.15) is 25.0 Å². The van der Waals surface area contributed by atoms with Gasteiger partial charge in [0, 0.05) is 23.2 Å². The Morgan fingerprint density at radius 2 is 1.67 bits per heavy atom. The van der Waals surface area contributed by atoms with E-state index in [0.717, 1.165) is 27.4 Å². The van der Waals surface area contributed by atoms with Crippen molar-refractivity contribution in [2.45, 2.75) is 37.8 Å². The van der Waals surface area contributed by atoms with Gasteiger partial charge in [-0.1, -0.05) is 12.1 Å². The van der Waals surface area contributed by atoms with Crippen LogP contribution in [-0.4, -0.2) is 17.1 Å². The Hall–Kier alpha value is -2.27. The van der Waals surface area contributed by atoms with E-state index in [2.05, 4.69) is 10.6 Å². The SMILES string of the molecule is CC(=O)Nc1ccc(SC(C)C(=O)Nc2cc(C)ccc2C)cc1. The topological polar surface area (TPSA) is 58.2 Å². The molecule has 0 saturated heterocycles. The fourth-order valence-electron chi connectivity index (χ4n) is 2.18. The van der Waals surface area contributed by atoms with Crippen LogP contribution in [-0.2, 0) is 9.59 Å². The van der Waals surface area contributed by atoms with Gasteiger partial charge >= 0.3 is 0 Å². The number of rotatable bonds is 5. The van der Waals surface area contributed by atoms with Gasteiger partial charge in [0.2, 0.25) is 11.8 Å². The van der Waals surface area contributed by atoms with E-state index < -0.39 is 0 Å². The fraction of sp³-hybridized carbons (Fsp3) is 0.263. The number of hydrogen-bond donors (Lipinski definition) is 2. The molecule has 5 heteroatoms. The van der Waals surface area contributed by atoms with Crippen LogP contribution in [0.5, 0.6) is 0 Å². The van der Waals surface area contributed by atoms with E-state index in [4.69, 9.17) is 0 Å². The minimum Gasteiger partial charge on any atom is -0.326 e. The Bertz CT molecular complexity index is 742. The Kier molecular flexibility index (Phi) is 6.04. The summed E-state index contributed by atoms with van der Waals surface area (Å²) in [6.45, 7) is 7.34. The number of amides is 2. The first kappa shape index (κ1) is 18.1. The molecule has 2 N–H and O–H groups in total. The number of thioether (sulfide) groups is 1. The molecule has 0 bridgehead atoms. The molecule has 2 amide bonds. The summed E-state index contributed by atoms with van der Waals surface area (Å²) < 4.78 is 0. The summed E-state index contributed by atoms with van der Waals surface area (Å²) in [6, 6.07) is 13.5. The Morgan fingerprint density at radius 3 is 2.29 bits per heavy atom. The lowest BCUT2D eigenvalue weighted by Gasteiger charge is -2.14. The molecule has 0 radical (unpaired) electrons. The average molecular weight is 342 g/mol. The lowest BCUT2D eigenvalue weighted by atomic mass is 10.1. The van der Waals surface area contributed by atoms with Gasteiger partial charge in [0.25, 0.3) is 0 Å². The number of carbonyl (C=O) groups is 2. The first-order chi connectivity index (χ1) is 11.3. The molecule has 2 aromatic rings. The van der Waals surface area contributed by atoms with E-state index in [9.17, 15) is 9.59 Å². The maximum absolute atomic E-state index is 12.4. The number of hydrogen-bond acceptors (Lipinski definition) is 3. The second-order valence-electron chi connectivity index (χ2n) is 5.77. The highest BCUT2D eigenvalue weighted by Gasteiger charge is 2.15. The van der Waals surface area contributed by atoms with Gasteiger partial charge in [-0.2, -0.15) is 0 Å². The predicted molar refractivity (Wildman–Crippen MR) is 101 cm³/mol. The fourth-order valence-corrected chi connectivity index (χ4v) is 3.05. The second-order valence-corrected chi connectivity index (χ2v) is 7.19. The highest BCUT2D eigenvalue weighted by Crippen LogP contribution is 2.26. The van der Waals surface area contributed by atoms with Crippen LogP contribution in [0.4, 0.5) is 11.4 Å². The molecule has 0 aliphatic rings. The Morgan fingerprint density at radius 1 is 1.00 bits per heavy atom. The highest BCUT2D eigenvalue weighted by molar-refractivity contribution is 8.00. The van der Waals surface area contributed by atoms with Gasteiger partial charge in [-0.25, -0.2) is 0 Å². The van der Waals surface area contributed by atoms with E-state index in [1.807, 2.05) is 63.2 Å². The normalized spacial score (nSPS) is 11.7. The molecule has 0 aliphatic heterocycles. The number of nitrogens with one attached hydrogen (secondary N) is 2. The van der Waals surface area contributed by atoms with E-state index in [0.29, 0.717) is 0 Å². The minimum atomic E-state index is -0.225. The van der Waals surface area contributed by atoms with Crippen LogP contribution in [0, 0.1) is 13.8 Å². The molecule has 1 unspecified atom stereocenters. The van der Waals surface area contributed by atoms with Gasteiger partial charge in [0.15, 0.2) is 0 Å². The number of carbonyl (C=O) groups excluding carboxylic acids is 2. The lowest BCUT2D eigenvalue weighted by molar-refractivity contribution is -0.115. The minimum absolute atomic E-state index is 0.0281. The van der Waals surface area contributed by atoms with Crippen LogP contribution >= 0.6 is 11.8 Å². The van der Waals surface area contributed by atoms with Crippen LogP contribution in [0.25, 0.3) is 0 Å². The molecule has 2 rings (SSSR count). The van der Waals surface area contributed by atoms with Crippen molar-refractivity contribution < 1.29 is 9.59 Å². The lowest BCUT2D eigenvalue weighted by Crippen LogP contribution is -2.22. The zero-order valence-electron chi connectivity index (χ0n) is 14.3. The van der Waals surface area contributed by atoms with E-state index in [1.165, 1.54) is 18.7 Å². The van der Waals surface area contributed by atoms with E-state index >= 15 is 0 Å². The molecule has 0 heterocycles. The summed E-state index contributed by atoms with van der Waals surface area (Å²) in [5.74, 6) is -0.128. The van der Waals surface area contributed by atoms with Gasteiger partial charge in [0.05, 0.1) is 5.25 Å². The quantitative estimate of drug-likeness (QED) is 0.793. The van der Waals surface area contributed by atoms with Crippen LogP contribution < -0.4 is 10.6 Å². The van der Waals surface area contributed by atoms with Crippen molar-refractivity contribution in [2.24, 2.45) is 0 Å². The van der Waals surface area contributed by atoms with Crippen molar-refractivity contribution in [3.05, 3.63) is 53.6 Å². The number of anilines is 2.